The molecule has 1 atom stereocenters. The molecular weight excluding hydrogens is 194 g/mol. The van der Waals surface area contributed by atoms with Crippen LogP contribution in [0.4, 0.5) is 0 Å². The summed E-state index contributed by atoms with van der Waals surface area (Å²) in [4.78, 5) is 24.1. The lowest BCUT2D eigenvalue weighted by Crippen LogP contribution is -2.45. The molecule has 1 heterocycles. The Hall–Kier alpha value is -1.10. The average Bonchev–Trinajstić information content (AvgIpc) is 2.18. The molecule has 0 aromatic carbocycles. The van der Waals surface area contributed by atoms with Crippen LogP contribution >= 0.6 is 0 Å². The van der Waals surface area contributed by atoms with Gasteiger partial charge in [0.15, 0.2) is 0 Å². The fourth-order valence-corrected chi connectivity index (χ4v) is 2.07. The summed E-state index contributed by atoms with van der Waals surface area (Å²) >= 11 is 0. The van der Waals surface area contributed by atoms with Crippen LogP contribution in [0.5, 0.6) is 0 Å². The van der Waals surface area contributed by atoms with E-state index in [2.05, 4.69) is 0 Å². The lowest BCUT2D eigenvalue weighted by atomic mass is 9.99. The molecule has 0 aliphatic carbocycles. The summed E-state index contributed by atoms with van der Waals surface area (Å²) in [5.41, 5.74) is 10.5. The minimum atomic E-state index is -0.558. The van der Waals surface area contributed by atoms with Crippen molar-refractivity contribution in [2.24, 2.45) is 11.5 Å². The first-order valence-corrected chi connectivity index (χ1v) is 5.43. The van der Waals surface area contributed by atoms with Gasteiger partial charge in [-0.2, -0.15) is 0 Å². The van der Waals surface area contributed by atoms with E-state index in [1.54, 1.807) is 4.90 Å². The third-order valence-corrected chi connectivity index (χ3v) is 2.77. The second-order valence-electron chi connectivity index (χ2n) is 3.96. The fourth-order valence-electron chi connectivity index (χ4n) is 2.07. The number of piperidine rings is 1. The zero-order chi connectivity index (χ0) is 11.3. The number of likely N-dealkylation sites (tertiary alicyclic amines) is 1. The highest BCUT2D eigenvalue weighted by atomic mass is 16.2. The summed E-state index contributed by atoms with van der Waals surface area (Å²) < 4.78 is 0. The molecule has 1 aliphatic rings. The maximum atomic E-state index is 11.7. The number of hydrogen-bond donors (Lipinski definition) is 2. The van der Waals surface area contributed by atoms with Crippen LogP contribution in [-0.4, -0.2) is 35.8 Å². The van der Waals surface area contributed by atoms with Crippen LogP contribution in [0.25, 0.3) is 0 Å². The molecule has 0 aromatic rings. The Morgan fingerprint density at radius 2 is 2.07 bits per heavy atom. The van der Waals surface area contributed by atoms with Gasteiger partial charge in [-0.15, -0.1) is 0 Å². The summed E-state index contributed by atoms with van der Waals surface area (Å²) in [6.45, 7) is 1.31. The predicted octanol–water partition coefficient (Wildman–Crippen LogP) is -0.408. The molecule has 0 radical (unpaired) electrons. The van der Waals surface area contributed by atoms with Gasteiger partial charge in [0.2, 0.25) is 11.8 Å². The molecule has 0 bridgehead atoms. The Bertz CT molecular complexity index is 241. The molecule has 1 aliphatic heterocycles. The second-order valence-corrected chi connectivity index (χ2v) is 3.96. The van der Waals surface area contributed by atoms with Gasteiger partial charge in [-0.05, 0) is 32.2 Å². The molecule has 1 saturated heterocycles. The maximum Gasteiger partial charge on any atom is 0.232 e. The molecule has 0 saturated carbocycles. The molecule has 0 spiro atoms. The van der Waals surface area contributed by atoms with Crippen molar-refractivity contribution >= 4 is 11.8 Å². The van der Waals surface area contributed by atoms with E-state index in [0.717, 1.165) is 32.2 Å². The minimum Gasteiger partial charge on any atom is -0.369 e. The first kappa shape index (κ1) is 12.0. The summed E-state index contributed by atoms with van der Waals surface area (Å²) in [5, 5.41) is 0. The molecule has 5 nitrogen and oxygen atoms in total. The molecule has 4 N–H and O–H groups in total. The first-order chi connectivity index (χ1) is 7.15. The standard InChI is InChI=1S/C10H19N3O2/c11-5-4-8-3-1-2-6-13(8)10(15)7-9(12)14/h8H,1-7,11H2,(H2,12,14). The normalized spacial score (nSPS) is 21.4. The Balaban J connectivity index is 2.54. The Morgan fingerprint density at radius 1 is 1.33 bits per heavy atom. The van der Waals surface area contributed by atoms with Crippen LogP contribution in [0.15, 0.2) is 0 Å². The monoisotopic (exact) mass is 213 g/mol. The smallest absolute Gasteiger partial charge is 0.232 e. The lowest BCUT2D eigenvalue weighted by Gasteiger charge is -2.35. The molecule has 1 unspecified atom stereocenters. The van der Waals surface area contributed by atoms with Gasteiger partial charge in [-0.3, -0.25) is 9.59 Å². The summed E-state index contributed by atoms with van der Waals surface area (Å²) in [6, 6.07) is 0.204. The maximum absolute atomic E-state index is 11.7. The van der Waals surface area contributed by atoms with Gasteiger partial charge >= 0.3 is 0 Å². The SMILES string of the molecule is NCCC1CCCCN1C(=O)CC(N)=O. The molecule has 0 aromatic heterocycles. The number of nitrogens with two attached hydrogens (primary N) is 2. The number of hydrogen-bond acceptors (Lipinski definition) is 3. The summed E-state index contributed by atoms with van der Waals surface area (Å²) in [7, 11) is 0. The molecular formula is C10H19N3O2. The van der Waals surface area contributed by atoms with Crippen LogP contribution in [0, 0.1) is 0 Å². The van der Waals surface area contributed by atoms with E-state index in [1.165, 1.54) is 0 Å². The topological polar surface area (TPSA) is 89.4 Å². The van der Waals surface area contributed by atoms with Crippen LogP contribution in [0.1, 0.15) is 32.1 Å². The van der Waals surface area contributed by atoms with Crippen molar-refractivity contribution in [2.75, 3.05) is 13.1 Å². The van der Waals surface area contributed by atoms with Crippen molar-refractivity contribution in [1.29, 1.82) is 0 Å². The molecule has 5 heteroatoms. The highest BCUT2D eigenvalue weighted by Gasteiger charge is 2.26. The van der Waals surface area contributed by atoms with Gasteiger partial charge in [-0.25, -0.2) is 0 Å². The lowest BCUT2D eigenvalue weighted by molar-refractivity contribution is -0.138. The first-order valence-electron chi connectivity index (χ1n) is 5.43. The quantitative estimate of drug-likeness (QED) is 0.622. The number of carbonyl (C=O) groups is 2. The van der Waals surface area contributed by atoms with Crippen molar-refractivity contribution in [3.05, 3.63) is 0 Å². The Kier molecular flexibility index (Phi) is 4.55. The fraction of sp³-hybridized carbons (Fsp3) is 0.800. The zero-order valence-electron chi connectivity index (χ0n) is 8.95. The van der Waals surface area contributed by atoms with Crippen LogP contribution in [-0.2, 0) is 9.59 Å². The largest absolute Gasteiger partial charge is 0.369 e. The second kappa shape index (κ2) is 5.70. The van der Waals surface area contributed by atoms with Crippen molar-refractivity contribution in [2.45, 2.75) is 38.1 Å². The van der Waals surface area contributed by atoms with Crippen molar-refractivity contribution in [3.63, 3.8) is 0 Å². The average molecular weight is 213 g/mol. The van der Waals surface area contributed by atoms with Crippen LogP contribution in [0.3, 0.4) is 0 Å². The van der Waals surface area contributed by atoms with Gasteiger partial charge in [0.25, 0.3) is 0 Å². The highest BCUT2D eigenvalue weighted by Crippen LogP contribution is 2.19. The molecule has 15 heavy (non-hydrogen) atoms. The molecule has 1 fully saturated rings. The summed E-state index contributed by atoms with van der Waals surface area (Å²) in [6.07, 6.45) is 3.75. The number of nitrogens with zero attached hydrogens (tertiary/aromatic N) is 1. The van der Waals surface area contributed by atoms with E-state index in [1.807, 2.05) is 0 Å². The van der Waals surface area contributed by atoms with E-state index in [4.69, 9.17) is 11.5 Å². The van der Waals surface area contributed by atoms with Crippen molar-refractivity contribution in [3.8, 4) is 0 Å². The highest BCUT2D eigenvalue weighted by molar-refractivity contribution is 5.96. The number of rotatable bonds is 4. The van der Waals surface area contributed by atoms with E-state index >= 15 is 0 Å². The predicted molar refractivity (Wildman–Crippen MR) is 56.8 cm³/mol. The zero-order valence-corrected chi connectivity index (χ0v) is 8.95. The van der Waals surface area contributed by atoms with E-state index in [0.29, 0.717) is 6.54 Å². The van der Waals surface area contributed by atoms with Crippen LogP contribution in [0.2, 0.25) is 0 Å². The molecule has 1 rings (SSSR count). The minimum absolute atomic E-state index is 0.152. The molecule has 2 amide bonds. The van der Waals surface area contributed by atoms with Gasteiger partial charge in [-0.1, -0.05) is 0 Å². The Morgan fingerprint density at radius 3 is 2.67 bits per heavy atom. The van der Waals surface area contributed by atoms with Crippen molar-refractivity contribution in [1.82, 2.24) is 4.90 Å². The van der Waals surface area contributed by atoms with E-state index in [-0.39, 0.29) is 18.4 Å². The van der Waals surface area contributed by atoms with Gasteiger partial charge < -0.3 is 16.4 Å². The third-order valence-electron chi connectivity index (χ3n) is 2.77. The van der Waals surface area contributed by atoms with Gasteiger partial charge in [0.1, 0.15) is 6.42 Å². The number of primary amides is 1. The van der Waals surface area contributed by atoms with Crippen molar-refractivity contribution < 1.29 is 9.59 Å². The number of amides is 2. The summed E-state index contributed by atoms with van der Waals surface area (Å²) in [5.74, 6) is -0.710. The Labute approximate surface area is 89.8 Å². The van der Waals surface area contributed by atoms with Crippen LogP contribution < -0.4 is 11.5 Å². The van der Waals surface area contributed by atoms with E-state index < -0.39 is 5.91 Å². The molecule has 86 valence electrons. The van der Waals surface area contributed by atoms with E-state index in [9.17, 15) is 9.59 Å². The number of carbonyl (C=O) groups excluding carboxylic acids is 2. The van der Waals surface area contributed by atoms with Gasteiger partial charge in [0, 0.05) is 12.6 Å². The van der Waals surface area contributed by atoms with Gasteiger partial charge in [0.05, 0.1) is 0 Å². The third kappa shape index (κ3) is 3.51.